The normalized spacial score (nSPS) is 12.1. The van der Waals surface area contributed by atoms with E-state index in [1.165, 1.54) is 18.4 Å². The van der Waals surface area contributed by atoms with Crippen LogP contribution in [0.1, 0.15) is 16.6 Å². The van der Waals surface area contributed by atoms with Gasteiger partial charge in [-0.2, -0.15) is 0 Å². The smallest absolute Gasteiger partial charge is 0.309 e. The molecular formula is C23H23FN2O6S. The molecule has 0 saturated carbocycles. The van der Waals surface area contributed by atoms with Crippen LogP contribution in [0.25, 0.3) is 0 Å². The summed E-state index contributed by atoms with van der Waals surface area (Å²) in [5, 5.41) is 3.53. The molecule has 0 aliphatic rings. The van der Waals surface area contributed by atoms with Gasteiger partial charge in [0.2, 0.25) is 0 Å². The van der Waals surface area contributed by atoms with Crippen LogP contribution in [-0.4, -0.2) is 40.4 Å². The molecule has 3 aromatic rings. The zero-order valence-electron chi connectivity index (χ0n) is 17.8. The SMILES string of the molecule is COc1ccccc1CCNC(=O)C(=O)NCC(c1ccco1)S(=O)(=O)c1ccc(F)cc1. The lowest BCUT2D eigenvalue weighted by atomic mass is 10.1. The molecule has 0 bridgehead atoms. The number of amides is 2. The Morgan fingerprint density at radius 2 is 1.70 bits per heavy atom. The van der Waals surface area contributed by atoms with Gasteiger partial charge in [0.25, 0.3) is 0 Å². The summed E-state index contributed by atoms with van der Waals surface area (Å²) in [7, 11) is -2.50. The molecule has 1 heterocycles. The third kappa shape index (κ3) is 5.98. The van der Waals surface area contributed by atoms with E-state index in [1.807, 2.05) is 18.2 Å². The van der Waals surface area contributed by atoms with E-state index in [2.05, 4.69) is 10.6 Å². The number of para-hydroxylation sites is 1. The van der Waals surface area contributed by atoms with Crippen LogP contribution in [0.15, 0.2) is 76.2 Å². The van der Waals surface area contributed by atoms with E-state index in [4.69, 9.17) is 9.15 Å². The van der Waals surface area contributed by atoms with E-state index in [0.717, 1.165) is 29.8 Å². The molecule has 3 rings (SSSR count). The van der Waals surface area contributed by atoms with E-state index in [1.54, 1.807) is 13.2 Å². The maximum Gasteiger partial charge on any atom is 0.309 e. The Morgan fingerprint density at radius 3 is 2.36 bits per heavy atom. The Hall–Kier alpha value is -3.66. The highest BCUT2D eigenvalue weighted by molar-refractivity contribution is 7.91. The molecule has 1 aromatic heterocycles. The minimum absolute atomic E-state index is 0.0798. The summed E-state index contributed by atoms with van der Waals surface area (Å²) >= 11 is 0. The number of rotatable bonds is 9. The lowest BCUT2D eigenvalue weighted by Crippen LogP contribution is -2.42. The van der Waals surface area contributed by atoms with Gasteiger partial charge in [0, 0.05) is 13.1 Å². The fraction of sp³-hybridized carbons (Fsp3) is 0.217. The van der Waals surface area contributed by atoms with Gasteiger partial charge < -0.3 is 19.8 Å². The van der Waals surface area contributed by atoms with Crippen molar-refractivity contribution in [1.82, 2.24) is 10.6 Å². The number of ether oxygens (including phenoxy) is 1. The van der Waals surface area contributed by atoms with Crippen molar-refractivity contribution in [2.45, 2.75) is 16.6 Å². The molecule has 0 fully saturated rings. The molecule has 2 N–H and O–H groups in total. The van der Waals surface area contributed by atoms with Crippen molar-refractivity contribution >= 4 is 21.7 Å². The van der Waals surface area contributed by atoms with Crippen LogP contribution in [0.4, 0.5) is 4.39 Å². The second-order valence-electron chi connectivity index (χ2n) is 7.03. The second-order valence-corrected chi connectivity index (χ2v) is 9.16. The number of furan rings is 1. The molecule has 1 atom stereocenters. The predicted octanol–water partition coefficient (Wildman–Crippen LogP) is 2.42. The molecule has 0 aliphatic heterocycles. The molecule has 10 heteroatoms. The van der Waals surface area contributed by atoms with E-state index in [0.29, 0.717) is 12.2 Å². The first-order valence-corrected chi connectivity index (χ1v) is 11.6. The molecule has 8 nitrogen and oxygen atoms in total. The number of benzene rings is 2. The Balaban J connectivity index is 1.62. The fourth-order valence-electron chi connectivity index (χ4n) is 3.19. The van der Waals surface area contributed by atoms with Crippen molar-refractivity contribution in [2.24, 2.45) is 0 Å². The minimum Gasteiger partial charge on any atom is -0.496 e. The molecule has 2 aromatic carbocycles. The first kappa shape index (κ1) is 24.0. The van der Waals surface area contributed by atoms with Crippen LogP contribution >= 0.6 is 0 Å². The number of carbonyl (C=O) groups excluding carboxylic acids is 2. The van der Waals surface area contributed by atoms with E-state index < -0.39 is 39.3 Å². The summed E-state index contributed by atoms with van der Waals surface area (Å²) < 4.78 is 49.8. The van der Waals surface area contributed by atoms with Gasteiger partial charge in [-0.3, -0.25) is 9.59 Å². The van der Waals surface area contributed by atoms with Crippen LogP contribution in [0, 0.1) is 5.82 Å². The summed E-state index contributed by atoms with van der Waals surface area (Å²) in [6, 6.07) is 14.6. The highest BCUT2D eigenvalue weighted by Crippen LogP contribution is 2.29. The van der Waals surface area contributed by atoms with Crippen molar-refractivity contribution < 1.29 is 31.6 Å². The first-order valence-electron chi connectivity index (χ1n) is 10.0. The molecular weight excluding hydrogens is 451 g/mol. The average Bonchev–Trinajstić information content (AvgIpc) is 3.34. The van der Waals surface area contributed by atoms with Gasteiger partial charge in [0.15, 0.2) is 9.84 Å². The standard InChI is InChI=1S/C23H23FN2O6S/c1-31-19-6-3-2-5-16(19)12-13-25-22(27)23(28)26-15-21(20-7-4-14-32-20)33(29,30)18-10-8-17(24)9-11-18/h2-11,14,21H,12-13,15H2,1H3,(H,25,27)(H,26,28). The Labute approximate surface area is 190 Å². The van der Waals surface area contributed by atoms with Crippen molar-refractivity contribution in [3.05, 3.63) is 84.1 Å². The van der Waals surface area contributed by atoms with Gasteiger partial charge in [-0.1, -0.05) is 18.2 Å². The number of carbonyl (C=O) groups is 2. The van der Waals surface area contributed by atoms with Gasteiger partial charge in [-0.05, 0) is 54.4 Å². The molecule has 0 aliphatic carbocycles. The van der Waals surface area contributed by atoms with E-state index in [-0.39, 0.29) is 17.2 Å². The zero-order chi connectivity index (χ0) is 23.8. The van der Waals surface area contributed by atoms with Crippen LogP contribution in [0.2, 0.25) is 0 Å². The molecule has 174 valence electrons. The lowest BCUT2D eigenvalue weighted by molar-refractivity contribution is -0.139. The van der Waals surface area contributed by atoms with Crippen molar-refractivity contribution in [3.8, 4) is 5.75 Å². The number of sulfone groups is 1. The highest BCUT2D eigenvalue weighted by Gasteiger charge is 2.32. The van der Waals surface area contributed by atoms with Crippen molar-refractivity contribution in [2.75, 3.05) is 20.2 Å². The summed E-state index contributed by atoms with van der Waals surface area (Å²) in [4.78, 5) is 24.3. The summed E-state index contributed by atoms with van der Waals surface area (Å²) in [6.45, 7) is -0.228. The van der Waals surface area contributed by atoms with Crippen molar-refractivity contribution in [1.29, 1.82) is 0 Å². The first-order chi connectivity index (χ1) is 15.8. The quantitative estimate of drug-likeness (QED) is 0.364. The molecule has 1 unspecified atom stereocenters. The van der Waals surface area contributed by atoms with Gasteiger partial charge in [-0.15, -0.1) is 0 Å². The Kier molecular flexibility index (Phi) is 7.83. The average molecular weight is 475 g/mol. The van der Waals surface area contributed by atoms with Gasteiger partial charge in [0.05, 0.1) is 18.3 Å². The molecule has 0 saturated heterocycles. The molecule has 0 spiro atoms. The Morgan fingerprint density at radius 1 is 1.00 bits per heavy atom. The highest BCUT2D eigenvalue weighted by atomic mass is 32.2. The summed E-state index contributed by atoms with van der Waals surface area (Å²) in [5.74, 6) is -1.72. The maximum absolute atomic E-state index is 13.2. The van der Waals surface area contributed by atoms with Gasteiger partial charge >= 0.3 is 11.8 Å². The van der Waals surface area contributed by atoms with Crippen molar-refractivity contribution in [3.63, 3.8) is 0 Å². The summed E-state index contributed by atoms with van der Waals surface area (Å²) in [6.07, 6.45) is 1.74. The lowest BCUT2D eigenvalue weighted by Gasteiger charge is -2.16. The van der Waals surface area contributed by atoms with Gasteiger partial charge in [-0.25, -0.2) is 12.8 Å². The zero-order valence-corrected chi connectivity index (χ0v) is 18.6. The number of methoxy groups -OCH3 is 1. The number of hydrogen-bond donors (Lipinski definition) is 2. The minimum atomic E-state index is -4.04. The predicted molar refractivity (Wildman–Crippen MR) is 118 cm³/mol. The number of hydrogen-bond acceptors (Lipinski definition) is 6. The van der Waals surface area contributed by atoms with Crippen LogP contribution in [-0.2, 0) is 25.8 Å². The molecule has 0 radical (unpaired) electrons. The van der Waals surface area contributed by atoms with Gasteiger partial charge in [0.1, 0.15) is 22.6 Å². The van der Waals surface area contributed by atoms with E-state index >= 15 is 0 Å². The van der Waals surface area contributed by atoms with Crippen LogP contribution in [0.3, 0.4) is 0 Å². The number of nitrogens with one attached hydrogen (secondary N) is 2. The monoisotopic (exact) mass is 474 g/mol. The number of halogens is 1. The van der Waals surface area contributed by atoms with Crippen LogP contribution < -0.4 is 15.4 Å². The topological polar surface area (TPSA) is 115 Å². The fourth-order valence-corrected chi connectivity index (χ4v) is 4.78. The molecule has 33 heavy (non-hydrogen) atoms. The maximum atomic E-state index is 13.2. The third-order valence-electron chi connectivity index (χ3n) is 4.90. The summed E-state index contributed by atoms with van der Waals surface area (Å²) in [5.41, 5.74) is 0.865. The van der Waals surface area contributed by atoms with E-state index in [9.17, 15) is 22.4 Å². The molecule has 2 amide bonds. The second kappa shape index (κ2) is 10.8. The third-order valence-corrected chi connectivity index (χ3v) is 6.98. The van der Waals surface area contributed by atoms with Crippen LogP contribution in [0.5, 0.6) is 5.75 Å². The Bertz CT molecular complexity index is 1190. The largest absolute Gasteiger partial charge is 0.496 e.